The van der Waals surface area contributed by atoms with Gasteiger partial charge in [0.15, 0.2) is 5.58 Å². The molecule has 0 atom stereocenters. The lowest BCUT2D eigenvalue weighted by Crippen LogP contribution is -2.00. The van der Waals surface area contributed by atoms with E-state index in [4.69, 9.17) is 9.40 Å². The van der Waals surface area contributed by atoms with Gasteiger partial charge in [-0.3, -0.25) is 9.97 Å². The summed E-state index contributed by atoms with van der Waals surface area (Å²) in [5.41, 5.74) is 12.3. The Kier molecular flexibility index (Phi) is 5.29. The second-order valence-corrected chi connectivity index (χ2v) is 12.6. The van der Waals surface area contributed by atoms with Crippen LogP contribution in [0.25, 0.3) is 99.1 Å². The van der Waals surface area contributed by atoms with Crippen molar-refractivity contribution in [3.05, 3.63) is 152 Å². The van der Waals surface area contributed by atoms with Gasteiger partial charge in [0, 0.05) is 68.5 Å². The van der Waals surface area contributed by atoms with E-state index in [-0.39, 0.29) is 0 Å². The SMILES string of the molecule is c1ccc2c(c1)oc1cc3cc(-c4cc(-n5c6ccccc6c6cnccc65)cc(-n5c6ccccc6c6cnccc65)c4)ccc3nc12. The van der Waals surface area contributed by atoms with E-state index in [1.54, 1.807) is 0 Å². The minimum Gasteiger partial charge on any atom is -0.454 e. The van der Waals surface area contributed by atoms with E-state index in [0.29, 0.717) is 0 Å². The number of para-hydroxylation sites is 3. The second kappa shape index (κ2) is 9.86. The fourth-order valence-corrected chi connectivity index (χ4v) is 7.69. The van der Waals surface area contributed by atoms with E-state index in [1.165, 1.54) is 10.8 Å². The summed E-state index contributed by atoms with van der Waals surface area (Å²) in [6.45, 7) is 0. The number of nitrogens with zero attached hydrogens (tertiary/aromatic N) is 5. The summed E-state index contributed by atoms with van der Waals surface area (Å²) in [5, 5.41) is 6.66. The highest BCUT2D eigenvalue weighted by Gasteiger charge is 2.18. The van der Waals surface area contributed by atoms with Gasteiger partial charge in [-0.05, 0) is 83.9 Å². The fraction of sp³-hybridized carbons (Fsp3) is 0. The van der Waals surface area contributed by atoms with Gasteiger partial charge in [-0.2, -0.15) is 0 Å². The third-order valence-corrected chi connectivity index (χ3v) is 9.84. The van der Waals surface area contributed by atoms with Crippen LogP contribution in [0.4, 0.5) is 0 Å². The summed E-state index contributed by atoms with van der Waals surface area (Å²) >= 11 is 0. The monoisotopic (exact) mass is 627 g/mol. The predicted octanol–water partition coefficient (Wildman–Crippen LogP) is 10.8. The van der Waals surface area contributed by atoms with Crippen LogP contribution in [0.5, 0.6) is 0 Å². The lowest BCUT2D eigenvalue weighted by molar-refractivity contribution is 0.669. The molecule has 228 valence electrons. The van der Waals surface area contributed by atoms with Gasteiger partial charge < -0.3 is 13.6 Å². The molecule has 0 aliphatic rings. The summed E-state index contributed by atoms with van der Waals surface area (Å²) in [5.74, 6) is 0. The number of pyridine rings is 3. The first-order valence-corrected chi connectivity index (χ1v) is 16.3. The highest BCUT2D eigenvalue weighted by atomic mass is 16.3. The molecule has 0 radical (unpaired) electrons. The van der Waals surface area contributed by atoms with Crippen LogP contribution in [-0.4, -0.2) is 24.1 Å². The predicted molar refractivity (Wildman–Crippen MR) is 199 cm³/mol. The van der Waals surface area contributed by atoms with Crippen molar-refractivity contribution in [1.29, 1.82) is 0 Å². The molecule has 11 aromatic rings. The van der Waals surface area contributed by atoms with E-state index < -0.39 is 0 Å². The number of rotatable bonds is 3. The van der Waals surface area contributed by atoms with Gasteiger partial charge in [0.1, 0.15) is 11.1 Å². The molecule has 0 unspecified atom stereocenters. The minimum absolute atomic E-state index is 0.790. The quantitative estimate of drug-likeness (QED) is 0.196. The molecule has 0 spiro atoms. The molecule has 0 saturated heterocycles. The zero-order chi connectivity index (χ0) is 32.1. The maximum atomic E-state index is 6.23. The van der Waals surface area contributed by atoms with Crippen molar-refractivity contribution in [2.24, 2.45) is 0 Å². The molecule has 0 amide bonds. The zero-order valence-electron chi connectivity index (χ0n) is 26.1. The van der Waals surface area contributed by atoms with Crippen LogP contribution in [-0.2, 0) is 0 Å². The molecule has 5 aromatic carbocycles. The van der Waals surface area contributed by atoms with Crippen molar-refractivity contribution in [3.8, 4) is 22.5 Å². The highest BCUT2D eigenvalue weighted by Crippen LogP contribution is 2.38. The first-order valence-electron chi connectivity index (χ1n) is 16.3. The molecule has 0 fully saturated rings. The summed E-state index contributed by atoms with van der Waals surface area (Å²) in [7, 11) is 0. The lowest BCUT2D eigenvalue weighted by atomic mass is 10.0. The average molecular weight is 628 g/mol. The van der Waals surface area contributed by atoms with Gasteiger partial charge in [0.2, 0.25) is 0 Å². The van der Waals surface area contributed by atoms with E-state index in [2.05, 4.69) is 128 Å². The number of aromatic nitrogens is 5. The maximum Gasteiger partial charge on any atom is 0.154 e. The lowest BCUT2D eigenvalue weighted by Gasteiger charge is -2.16. The molecule has 0 aliphatic heterocycles. The summed E-state index contributed by atoms with van der Waals surface area (Å²) < 4.78 is 10.9. The number of benzene rings is 5. The van der Waals surface area contributed by atoms with Crippen LogP contribution in [0, 0.1) is 0 Å². The fourth-order valence-electron chi connectivity index (χ4n) is 7.69. The Labute approximate surface area is 279 Å². The van der Waals surface area contributed by atoms with Gasteiger partial charge in [0.25, 0.3) is 0 Å². The highest BCUT2D eigenvalue weighted by molar-refractivity contribution is 6.11. The van der Waals surface area contributed by atoms with Crippen LogP contribution < -0.4 is 0 Å². The van der Waals surface area contributed by atoms with Crippen LogP contribution in [0.15, 0.2) is 157 Å². The Morgan fingerprint density at radius 2 is 1.04 bits per heavy atom. The van der Waals surface area contributed by atoms with Crippen molar-refractivity contribution in [2.45, 2.75) is 0 Å². The molecular formula is C43H25N5O. The molecule has 6 nitrogen and oxygen atoms in total. The summed E-state index contributed by atoms with van der Waals surface area (Å²) in [4.78, 5) is 14.0. The van der Waals surface area contributed by atoms with Gasteiger partial charge >= 0.3 is 0 Å². The van der Waals surface area contributed by atoms with Crippen molar-refractivity contribution in [1.82, 2.24) is 24.1 Å². The van der Waals surface area contributed by atoms with Crippen molar-refractivity contribution < 1.29 is 4.42 Å². The van der Waals surface area contributed by atoms with Gasteiger partial charge in [-0.25, -0.2) is 4.98 Å². The molecule has 0 saturated carbocycles. The standard InChI is InChI=1S/C43H25N5O/c1-4-10-37-31(7-1)34-24-44-17-15-39(34)47(37)29-20-27(21-30(23-29)48-38-11-5-2-8-32(38)35-25-45-18-16-40(35)48)26-13-14-36-28(19-26)22-42-43(46-36)33-9-3-6-12-41(33)49-42/h1-25H. The van der Waals surface area contributed by atoms with E-state index >= 15 is 0 Å². The van der Waals surface area contributed by atoms with Crippen LogP contribution in [0.3, 0.4) is 0 Å². The summed E-state index contributed by atoms with van der Waals surface area (Å²) in [6.07, 6.45) is 7.68. The topological polar surface area (TPSA) is 61.7 Å². The first-order chi connectivity index (χ1) is 24.3. The Morgan fingerprint density at radius 1 is 0.449 bits per heavy atom. The van der Waals surface area contributed by atoms with Crippen molar-refractivity contribution >= 4 is 76.6 Å². The van der Waals surface area contributed by atoms with Gasteiger partial charge in [-0.15, -0.1) is 0 Å². The van der Waals surface area contributed by atoms with E-state index in [9.17, 15) is 0 Å². The van der Waals surface area contributed by atoms with Crippen LogP contribution in [0.2, 0.25) is 0 Å². The molecule has 0 N–H and O–H groups in total. The Bertz CT molecular complexity index is 2890. The number of furan rings is 1. The Balaban J connectivity index is 1.21. The average Bonchev–Trinajstić information content (AvgIpc) is 3.81. The maximum absolute atomic E-state index is 6.23. The number of hydrogen-bond donors (Lipinski definition) is 0. The Hall–Kier alpha value is -6.79. The third-order valence-electron chi connectivity index (χ3n) is 9.84. The molecule has 49 heavy (non-hydrogen) atoms. The third kappa shape index (κ3) is 3.79. The van der Waals surface area contributed by atoms with E-state index in [0.717, 1.165) is 88.3 Å². The summed E-state index contributed by atoms with van der Waals surface area (Å²) in [6, 6.07) is 44.9. The molecule has 0 bridgehead atoms. The first kappa shape index (κ1) is 26.3. The molecule has 0 aliphatic carbocycles. The molecule has 6 aromatic heterocycles. The smallest absolute Gasteiger partial charge is 0.154 e. The van der Waals surface area contributed by atoms with Crippen molar-refractivity contribution in [2.75, 3.05) is 0 Å². The molecule has 6 heterocycles. The minimum atomic E-state index is 0.790. The second-order valence-electron chi connectivity index (χ2n) is 12.6. The molecular weight excluding hydrogens is 603 g/mol. The number of hydrogen-bond acceptors (Lipinski definition) is 4. The number of fused-ring (bicyclic) bond motifs is 10. The van der Waals surface area contributed by atoms with E-state index in [1.807, 2.05) is 43.0 Å². The zero-order valence-corrected chi connectivity index (χ0v) is 26.1. The largest absolute Gasteiger partial charge is 0.454 e. The van der Waals surface area contributed by atoms with Gasteiger partial charge in [-0.1, -0.05) is 54.6 Å². The molecule has 11 rings (SSSR count). The van der Waals surface area contributed by atoms with Crippen molar-refractivity contribution in [3.63, 3.8) is 0 Å². The normalized spacial score (nSPS) is 12.1. The Morgan fingerprint density at radius 3 is 1.71 bits per heavy atom. The molecule has 6 heteroatoms. The van der Waals surface area contributed by atoms with Crippen LogP contribution in [0.1, 0.15) is 0 Å². The van der Waals surface area contributed by atoms with Gasteiger partial charge in [0.05, 0.1) is 27.6 Å². The van der Waals surface area contributed by atoms with Crippen LogP contribution >= 0.6 is 0 Å².